The molecule has 2 aromatic heterocycles. The Balaban J connectivity index is 2.26. The number of H-pyrrole nitrogens is 1. The van der Waals surface area contributed by atoms with Gasteiger partial charge in [0.05, 0.1) is 20.6 Å². The van der Waals surface area contributed by atoms with Crippen LogP contribution in [0.5, 0.6) is 0 Å². The van der Waals surface area contributed by atoms with Crippen molar-refractivity contribution in [2.45, 2.75) is 0 Å². The fourth-order valence-corrected chi connectivity index (χ4v) is 3.20. The van der Waals surface area contributed by atoms with Crippen LogP contribution in [-0.2, 0) is 0 Å². The lowest BCUT2D eigenvalue weighted by atomic mass is 10.3. The quantitative estimate of drug-likeness (QED) is 0.517. The summed E-state index contributed by atoms with van der Waals surface area (Å²) in [7, 11) is 0. The summed E-state index contributed by atoms with van der Waals surface area (Å²) in [5.41, 5.74) is 0.559. The van der Waals surface area contributed by atoms with Crippen molar-refractivity contribution < 1.29 is 4.39 Å². The monoisotopic (exact) mass is 345 g/mol. The second kappa shape index (κ2) is 5.29. The van der Waals surface area contributed by atoms with Gasteiger partial charge < -0.3 is 0 Å². The molecule has 1 N–H and O–H groups in total. The third-order valence-corrected chi connectivity index (χ3v) is 4.33. The number of nitrogens with one attached hydrogen (secondary N) is 1. The molecule has 0 aliphatic heterocycles. The van der Waals surface area contributed by atoms with E-state index in [2.05, 4.69) is 10.2 Å². The minimum absolute atomic E-state index is 0.0623. The Morgan fingerprint density at radius 3 is 2.60 bits per heavy atom. The van der Waals surface area contributed by atoms with Crippen molar-refractivity contribution in [3.05, 3.63) is 50.3 Å². The minimum atomic E-state index is -0.648. The number of benzene rings is 1. The lowest BCUT2D eigenvalue weighted by molar-refractivity contribution is 0.628. The number of hydrogen-bond donors (Lipinski definition) is 1. The first kappa shape index (κ1) is 13.8. The van der Waals surface area contributed by atoms with Gasteiger partial charge in [0.1, 0.15) is 0 Å². The molecule has 0 saturated heterocycles. The number of thiophene rings is 1. The Morgan fingerprint density at radius 1 is 1.30 bits per heavy atom. The molecule has 3 rings (SSSR count). The van der Waals surface area contributed by atoms with Crippen LogP contribution in [0.25, 0.3) is 16.4 Å². The smallest absolute Gasteiger partial charge is 0.200 e. The molecular weight excluding hydrogens is 340 g/mol. The lowest BCUT2D eigenvalue weighted by Gasteiger charge is -2.07. The van der Waals surface area contributed by atoms with Crippen LogP contribution in [0.3, 0.4) is 0 Å². The van der Waals surface area contributed by atoms with E-state index in [0.717, 1.165) is 4.88 Å². The third-order valence-electron chi connectivity index (χ3n) is 2.64. The van der Waals surface area contributed by atoms with Gasteiger partial charge >= 0.3 is 0 Å². The number of hydrogen-bond acceptors (Lipinski definition) is 3. The Labute approximate surface area is 132 Å². The molecule has 3 aromatic rings. The van der Waals surface area contributed by atoms with E-state index in [1.54, 1.807) is 4.57 Å². The Kier molecular flexibility index (Phi) is 3.64. The molecule has 0 saturated carbocycles. The number of nitrogens with zero attached hydrogens (tertiary/aromatic N) is 2. The van der Waals surface area contributed by atoms with Gasteiger partial charge in [-0.3, -0.25) is 9.67 Å². The summed E-state index contributed by atoms with van der Waals surface area (Å²) in [6.45, 7) is 0. The molecule has 20 heavy (non-hydrogen) atoms. The predicted molar refractivity (Wildman–Crippen MR) is 82.0 cm³/mol. The lowest BCUT2D eigenvalue weighted by Crippen LogP contribution is -1.98. The maximum atomic E-state index is 13.5. The summed E-state index contributed by atoms with van der Waals surface area (Å²) in [6.07, 6.45) is 0. The van der Waals surface area contributed by atoms with Crippen molar-refractivity contribution in [2.24, 2.45) is 0 Å². The molecule has 0 amide bonds. The molecule has 1 aromatic carbocycles. The standard InChI is InChI=1S/C12H6Cl2FN3S2/c13-7-4-6(5-8(14)10(7)15)18-11(16-17-12(18)19)9-2-1-3-20-9/h1-5H,(H,17,19). The minimum Gasteiger partial charge on any atom is -0.267 e. The van der Waals surface area contributed by atoms with E-state index in [1.807, 2.05) is 17.5 Å². The summed E-state index contributed by atoms with van der Waals surface area (Å²) in [4.78, 5) is 0.925. The van der Waals surface area contributed by atoms with Crippen molar-refractivity contribution in [2.75, 3.05) is 0 Å². The van der Waals surface area contributed by atoms with Crippen LogP contribution >= 0.6 is 46.8 Å². The van der Waals surface area contributed by atoms with Crippen molar-refractivity contribution in [1.82, 2.24) is 14.8 Å². The van der Waals surface area contributed by atoms with E-state index in [1.165, 1.54) is 23.5 Å². The summed E-state index contributed by atoms with van der Waals surface area (Å²) in [6, 6.07) is 6.75. The molecule has 0 aliphatic rings. The van der Waals surface area contributed by atoms with E-state index >= 15 is 0 Å². The normalized spacial score (nSPS) is 10.9. The van der Waals surface area contributed by atoms with Crippen LogP contribution in [0.1, 0.15) is 0 Å². The molecule has 0 unspecified atom stereocenters. The zero-order chi connectivity index (χ0) is 14.3. The van der Waals surface area contributed by atoms with Crippen LogP contribution in [0.2, 0.25) is 10.0 Å². The van der Waals surface area contributed by atoms with Gasteiger partial charge in [-0.15, -0.1) is 11.3 Å². The predicted octanol–water partition coefficient (Wildman–Crippen LogP) is 5.10. The van der Waals surface area contributed by atoms with Crippen LogP contribution < -0.4 is 0 Å². The maximum Gasteiger partial charge on any atom is 0.200 e. The number of aromatic amines is 1. The molecule has 0 atom stereocenters. The van der Waals surface area contributed by atoms with Gasteiger partial charge in [-0.1, -0.05) is 29.3 Å². The maximum absolute atomic E-state index is 13.5. The average molecular weight is 346 g/mol. The molecule has 102 valence electrons. The second-order valence-electron chi connectivity index (χ2n) is 3.89. The van der Waals surface area contributed by atoms with Crippen molar-refractivity contribution in [3.8, 4) is 16.4 Å². The molecule has 0 fully saturated rings. The second-order valence-corrected chi connectivity index (χ2v) is 6.04. The summed E-state index contributed by atoms with van der Waals surface area (Å²) < 4.78 is 15.6. The molecule has 3 nitrogen and oxygen atoms in total. The first-order chi connectivity index (χ1) is 9.58. The third kappa shape index (κ3) is 2.29. The van der Waals surface area contributed by atoms with E-state index in [9.17, 15) is 4.39 Å². The van der Waals surface area contributed by atoms with Gasteiger partial charge in [-0.25, -0.2) is 4.39 Å². The van der Waals surface area contributed by atoms with Crippen molar-refractivity contribution in [3.63, 3.8) is 0 Å². The molecule has 8 heteroatoms. The summed E-state index contributed by atoms with van der Waals surface area (Å²) in [5, 5.41) is 8.72. The van der Waals surface area contributed by atoms with Gasteiger partial charge in [0, 0.05) is 0 Å². The van der Waals surface area contributed by atoms with E-state index in [-0.39, 0.29) is 10.0 Å². The molecular formula is C12H6Cl2FN3S2. The van der Waals surface area contributed by atoms with Gasteiger partial charge in [0.15, 0.2) is 16.4 Å². The Hall–Kier alpha value is -1.21. The highest BCUT2D eigenvalue weighted by Crippen LogP contribution is 2.30. The number of halogens is 3. The Morgan fingerprint density at radius 2 is 2.00 bits per heavy atom. The van der Waals surface area contributed by atoms with Crippen LogP contribution in [0, 0.1) is 10.6 Å². The first-order valence-corrected chi connectivity index (χ1v) is 7.48. The van der Waals surface area contributed by atoms with E-state index in [0.29, 0.717) is 16.3 Å². The van der Waals surface area contributed by atoms with Crippen LogP contribution in [-0.4, -0.2) is 14.8 Å². The SMILES string of the molecule is Fc1c(Cl)cc(-n2c(-c3cccs3)n[nH]c2=S)cc1Cl. The first-order valence-electron chi connectivity index (χ1n) is 5.44. The highest BCUT2D eigenvalue weighted by atomic mass is 35.5. The van der Waals surface area contributed by atoms with Crippen LogP contribution in [0.4, 0.5) is 4.39 Å². The number of rotatable bonds is 2. The van der Waals surface area contributed by atoms with Crippen molar-refractivity contribution >= 4 is 46.8 Å². The fraction of sp³-hybridized carbons (Fsp3) is 0. The largest absolute Gasteiger partial charge is 0.267 e. The van der Waals surface area contributed by atoms with Crippen molar-refractivity contribution in [1.29, 1.82) is 0 Å². The van der Waals surface area contributed by atoms with E-state index < -0.39 is 5.82 Å². The number of aromatic nitrogens is 3. The van der Waals surface area contributed by atoms with Gasteiger partial charge in [0.25, 0.3) is 0 Å². The van der Waals surface area contributed by atoms with Crippen LogP contribution in [0.15, 0.2) is 29.6 Å². The highest BCUT2D eigenvalue weighted by Gasteiger charge is 2.15. The zero-order valence-electron chi connectivity index (χ0n) is 9.73. The molecule has 0 radical (unpaired) electrons. The summed E-state index contributed by atoms with van der Waals surface area (Å²) in [5.74, 6) is -0.0199. The average Bonchev–Trinajstić information content (AvgIpc) is 3.04. The zero-order valence-corrected chi connectivity index (χ0v) is 12.9. The van der Waals surface area contributed by atoms with E-state index in [4.69, 9.17) is 35.4 Å². The Bertz CT molecular complexity index is 801. The molecule has 0 bridgehead atoms. The molecule has 2 heterocycles. The van der Waals surface area contributed by atoms with Gasteiger partial charge in [-0.05, 0) is 35.8 Å². The summed E-state index contributed by atoms with van der Waals surface area (Å²) >= 11 is 18.4. The van der Waals surface area contributed by atoms with Gasteiger partial charge in [0.2, 0.25) is 0 Å². The topological polar surface area (TPSA) is 33.6 Å². The van der Waals surface area contributed by atoms with Gasteiger partial charge in [-0.2, -0.15) is 5.10 Å². The fourth-order valence-electron chi connectivity index (χ4n) is 1.78. The molecule has 0 spiro atoms. The molecule has 0 aliphatic carbocycles. The highest BCUT2D eigenvalue weighted by molar-refractivity contribution is 7.71.